The first-order chi connectivity index (χ1) is 7.64. The number of rotatable bonds is 2. The zero-order chi connectivity index (χ0) is 11.3. The Morgan fingerprint density at radius 1 is 1.38 bits per heavy atom. The number of carbonyl (C=O) groups excluding carboxylic acids is 1. The second-order valence-corrected chi connectivity index (χ2v) is 6.65. The van der Waals surface area contributed by atoms with Crippen molar-refractivity contribution in [3.8, 4) is 0 Å². The fourth-order valence-electron chi connectivity index (χ4n) is 2.68. The fourth-order valence-corrected chi connectivity index (χ4v) is 4.75. The largest absolute Gasteiger partial charge is 0.292 e. The third kappa shape index (κ3) is 1.24. The lowest BCUT2D eigenvalue weighted by molar-refractivity contribution is 0.0976. The van der Waals surface area contributed by atoms with E-state index in [2.05, 4.69) is 0 Å². The number of benzene rings is 1. The molecule has 3 atom stereocenters. The Kier molecular flexibility index (Phi) is 2.08. The number of fused-ring (bicyclic) bond motifs is 1. The van der Waals surface area contributed by atoms with Crippen LogP contribution in [0.15, 0.2) is 24.3 Å². The molecule has 1 saturated heterocycles. The molecule has 84 valence electrons. The summed E-state index contributed by atoms with van der Waals surface area (Å²) in [6, 6.07) is 7.60. The minimum Gasteiger partial charge on any atom is -0.292 e. The van der Waals surface area contributed by atoms with E-state index in [0.717, 1.165) is 24.0 Å². The van der Waals surface area contributed by atoms with Gasteiger partial charge < -0.3 is 0 Å². The third-order valence-corrected chi connectivity index (χ3v) is 5.91. The Morgan fingerprint density at radius 3 is 2.56 bits per heavy atom. The van der Waals surface area contributed by atoms with Crippen LogP contribution in [-0.2, 0) is 10.8 Å². The minimum atomic E-state index is -0.938. The molecule has 0 N–H and O–H groups in total. The molecule has 3 rings (SSSR count). The smallest absolute Gasteiger partial charge is 0.181 e. The van der Waals surface area contributed by atoms with Crippen molar-refractivity contribution in [1.29, 1.82) is 0 Å². The van der Waals surface area contributed by atoms with E-state index < -0.39 is 15.5 Å². The third-order valence-electron chi connectivity index (χ3n) is 3.81. The van der Waals surface area contributed by atoms with Crippen LogP contribution < -0.4 is 0 Å². The first-order valence-corrected chi connectivity index (χ1v) is 6.96. The lowest BCUT2D eigenvalue weighted by Gasteiger charge is -2.10. The van der Waals surface area contributed by atoms with E-state index >= 15 is 0 Å². The van der Waals surface area contributed by atoms with Crippen LogP contribution in [0.4, 0.5) is 0 Å². The summed E-state index contributed by atoms with van der Waals surface area (Å²) in [5.41, 5.74) is 1.87. The van der Waals surface area contributed by atoms with Crippen LogP contribution in [0.25, 0.3) is 0 Å². The van der Waals surface area contributed by atoms with Crippen LogP contribution in [0.5, 0.6) is 0 Å². The monoisotopic (exact) mass is 234 g/mol. The van der Waals surface area contributed by atoms with E-state index in [0.29, 0.717) is 11.7 Å². The number of hydrogen-bond acceptors (Lipinski definition) is 2. The number of carbonyl (C=O) groups is 1. The Hall–Kier alpha value is -0.960. The maximum atomic E-state index is 12.3. The summed E-state index contributed by atoms with van der Waals surface area (Å²) in [6.07, 6.45) is 1.80. The molecule has 1 unspecified atom stereocenters. The second-order valence-electron chi connectivity index (χ2n) is 4.82. The number of hydrogen-bond donors (Lipinski definition) is 0. The lowest BCUT2D eigenvalue weighted by Crippen LogP contribution is -2.27. The molecule has 3 heteroatoms. The number of ketones is 1. The Labute approximate surface area is 97.5 Å². The summed E-state index contributed by atoms with van der Waals surface area (Å²) in [5.74, 6) is 1.21. The van der Waals surface area contributed by atoms with Gasteiger partial charge in [0, 0.05) is 22.1 Å². The predicted molar refractivity (Wildman–Crippen MR) is 64.0 cm³/mol. The van der Waals surface area contributed by atoms with Gasteiger partial charge in [0.2, 0.25) is 0 Å². The van der Waals surface area contributed by atoms with E-state index in [9.17, 15) is 9.00 Å². The van der Waals surface area contributed by atoms with E-state index in [4.69, 9.17) is 0 Å². The molecule has 1 aliphatic carbocycles. The van der Waals surface area contributed by atoms with Gasteiger partial charge in [0.1, 0.15) is 4.75 Å². The van der Waals surface area contributed by atoms with Crippen molar-refractivity contribution in [2.45, 2.75) is 24.5 Å². The average Bonchev–Trinajstić information content (AvgIpc) is 2.94. The van der Waals surface area contributed by atoms with Gasteiger partial charge in [-0.2, -0.15) is 0 Å². The highest BCUT2D eigenvalue weighted by Gasteiger charge is 2.67. The zero-order valence-corrected chi connectivity index (χ0v) is 10.0. The van der Waals surface area contributed by atoms with Crippen molar-refractivity contribution in [1.82, 2.24) is 0 Å². The van der Waals surface area contributed by atoms with E-state index in [-0.39, 0.29) is 5.78 Å². The van der Waals surface area contributed by atoms with Crippen molar-refractivity contribution in [2.24, 2.45) is 5.92 Å². The Bertz CT molecular complexity index is 477. The summed E-state index contributed by atoms with van der Waals surface area (Å²) >= 11 is 0. The summed E-state index contributed by atoms with van der Waals surface area (Å²) in [6.45, 7) is 2.00. The Morgan fingerprint density at radius 2 is 2.06 bits per heavy atom. The zero-order valence-electron chi connectivity index (χ0n) is 9.23. The van der Waals surface area contributed by atoms with Gasteiger partial charge in [0.05, 0.1) is 0 Å². The molecule has 16 heavy (non-hydrogen) atoms. The van der Waals surface area contributed by atoms with Crippen LogP contribution >= 0.6 is 0 Å². The maximum absolute atomic E-state index is 12.3. The van der Waals surface area contributed by atoms with Crippen molar-refractivity contribution in [3.63, 3.8) is 0 Å². The van der Waals surface area contributed by atoms with Gasteiger partial charge in [-0.15, -0.1) is 0 Å². The van der Waals surface area contributed by atoms with Crippen LogP contribution in [0, 0.1) is 12.8 Å². The molecule has 2 aliphatic rings. The molecule has 2 fully saturated rings. The molecule has 1 heterocycles. The highest BCUT2D eigenvalue weighted by molar-refractivity contribution is 7.88. The SMILES string of the molecule is Cc1ccc(C(=O)[C@@]23C[C@@H]2CCS3=O)cc1. The molecule has 0 bridgehead atoms. The van der Waals surface area contributed by atoms with Crippen molar-refractivity contribution < 1.29 is 9.00 Å². The molecule has 2 nitrogen and oxygen atoms in total. The first kappa shape index (κ1) is 10.2. The van der Waals surface area contributed by atoms with E-state index in [1.54, 1.807) is 0 Å². The highest BCUT2D eigenvalue weighted by atomic mass is 32.2. The summed E-state index contributed by atoms with van der Waals surface area (Å²) in [7, 11) is -0.938. The molecule has 0 radical (unpaired) electrons. The van der Waals surface area contributed by atoms with Crippen LogP contribution in [0.2, 0.25) is 0 Å². The second kappa shape index (κ2) is 3.27. The summed E-state index contributed by atoms with van der Waals surface area (Å²) in [5, 5.41) is 0. The normalized spacial score (nSPS) is 35.8. The van der Waals surface area contributed by atoms with Crippen LogP contribution in [0.1, 0.15) is 28.8 Å². The molecule has 1 saturated carbocycles. The van der Waals surface area contributed by atoms with Crippen LogP contribution in [-0.4, -0.2) is 20.5 Å². The van der Waals surface area contributed by atoms with Crippen molar-refractivity contribution in [3.05, 3.63) is 35.4 Å². The summed E-state index contributed by atoms with van der Waals surface area (Å²) < 4.78 is 11.4. The van der Waals surface area contributed by atoms with Crippen LogP contribution in [0.3, 0.4) is 0 Å². The number of Topliss-reactive ketones (excluding diaryl/α,β-unsaturated/α-hetero) is 1. The van der Waals surface area contributed by atoms with E-state index in [1.807, 2.05) is 31.2 Å². The van der Waals surface area contributed by atoms with Gasteiger partial charge in [-0.3, -0.25) is 9.00 Å². The quantitative estimate of drug-likeness (QED) is 0.734. The molecule has 1 aromatic carbocycles. The predicted octanol–water partition coefficient (Wildman–Crippen LogP) is 2.09. The van der Waals surface area contributed by atoms with Crippen molar-refractivity contribution in [2.75, 3.05) is 5.75 Å². The molecule has 1 aliphatic heterocycles. The van der Waals surface area contributed by atoms with Gasteiger partial charge in [0.25, 0.3) is 0 Å². The standard InChI is InChI=1S/C13H14O2S/c1-9-2-4-10(5-3-9)12(14)13-8-11(13)6-7-16(13)15/h2-5,11H,6-8H2,1H3/t11-,13+,16?/m0/s1. The first-order valence-electron chi connectivity index (χ1n) is 5.64. The van der Waals surface area contributed by atoms with Gasteiger partial charge >= 0.3 is 0 Å². The molecule has 0 spiro atoms. The molecule has 1 aromatic rings. The number of aryl methyl sites for hydroxylation is 1. The van der Waals surface area contributed by atoms with Gasteiger partial charge in [-0.05, 0) is 25.7 Å². The topological polar surface area (TPSA) is 34.1 Å². The molecular formula is C13H14O2S. The maximum Gasteiger partial charge on any atom is 0.181 e. The van der Waals surface area contributed by atoms with E-state index in [1.165, 1.54) is 0 Å². The molecule has 0 amide bonds. The van der Waals surface area contributed by atoms with Gasteiger partial charge in [0.15, 0.2) is 5.78 Å². The van der Waals surface area contributed by atoms with Gasteiger partial charge in [-0.25, -0.2) is 0 Å². The summed E-state index contributed by atoms with van der Waals surface area (Å²) in [4.78, 5) is 12.3. The van der Waals surface area contributed by atoms with Crippen molar-refractivity contribution >= 4 is 16.6 Å². The highest BCUT2D eigenvalue weighted by Crippen LogP contribution is 2.57. The van der Waals surface area contributed by atoms with Gasteiger partial charge in [-0.1, -0.05) is 29.8 Å². The Balaban J connectivity index is 1.94. The fraction of sp³-hybridized carbons (Fsp3) is 0.462. The average molecular weight is 234 g/mol. The molecular weight excluding hydrogens is 220 g/mol. The minimum absolute atomic E-state index is 0.105. The lowest BCUT2D eigenvalue weighted by atomic mass is 10.0. The molecule has 0 aromatic heterocycles.